The molecule has 1 saturated heterocycles. The fourth-order valence-corrected chi connectivity index (χ4v) is 5.65. The molecule has 2 fully saturated rings. The topological polar surface area (TPSA) is 72.3 Å². The molecule has 2 aliphatic rings. The van der Waals surface area contributed by atoms with Crippen molar-refractivity contribution in [2.45, 2.75) is 63.4 Å². The second kappa shape index (κ2) is 8.27. The van der Waals surface area contributed by atoms with Crippen molar-refractivity contribution in [1.82, 2.24) is 19.7 Å². The number of carbonyl (C=O) groups excluding carboxylic acids is 1. The molecular weight excluding hydrogens is 442 g/mol. The Morgan fingerprint density at radius 2 is 2.09 bits per heavy atom. The van der Waals surface area contributed by atoms with E-state index in [0.717, 1.165) is 25.3 Å². The van der Waals surface area contributed by atoms with Gasteiger partial charge < -0.3 is 15.0 Å². The van der Waals surface area contributed by atoms with Crippen molar-refractivity contribution in [3.05, 3.63) is 29.8 Å². The molecule has 1 aromatic heterocycles. The minimum atomic E-state index is -4.82. The predicted octanol–water partition coefficient (Wildman–Crippen LogP) is 4.84. The van der Waals surface area contributed by atoms with Crippen LogP contribution in [0.3, 0.4) is 0 Å². The van der Waals surface area contributed by atoms with Crippen LogP contribution in [0, 0.1) is 11.7 Å². The van der Waals surface area contributed by atoms with Crippen LogP contribution >= 0.6 is 0 Å². The van der Waals surface area contributed by atoms with Gasteiger partial charge in [-0.05, 0) is 43.7 Å². The average molecular weight is 469 g/mol. The SMILES string of the molecule is CC[C@H](OC)[C@@]12C[C@H](C)C[C@@H](C1)N2C(=O)Nc1cc(-c2ncn(C)n2)c(C(F)(F)F)cc1F. The van der Waals surface area contributed by atoms with Crippen molar-refractivity contribution in [3.63, 3.8) is 0 Å². The fourth-order valence-electron chi connectivity index (χ4n) is 5.65. The second-order valence-corrected chi connectivity index (χ2v) is 9.06. The van der Waals surface area contributed by atoms with Crippen molar-refractivity contribution in [2.24, 2.45) is 13.0 Å². The van der Waals surface area contributed by atoms with Crippen molar-refractivity contribution in [1.29, 1.82) is 0 Å². The first-order valence-corrected chi connectivity index (χ1v) is 10.9. The Morgan fingerprint density at radius 1 is 1.36 bits per heavy atom. The number of urea groups is 1. The molecule has 1 aromatic carbocycles. The summed E-state index contributed by atoms with van der Waals surface area (Å²) in [5.74, 6) is -0.985. The molecule has 1 N–H and O–H groups in total. The quantitative estimate of drug-likeness (QED) is 0.636. The lowest BCUT2D eigenvalue weighted by Gasteiger charge is -2.65. The average Bonchev–Trinajstić information content (AvgIpc) is 3.15. The third kappa shape index (κ3) is 3.96. The molecule has 4 rings (SSSR count). The summed E-state index contributed by atoms with van der Waals surface area (Å²) in [7, 11) is 3.12. The van der Waals surface area contributed by atoms with Gasteiger partial charge in [0.25, 0.3) is 0 Å². The Morgan fingerprint density at radius 3 is 2.67 bits per heavy atom. The monoisotopic (exact) mass is 469 g/mol. The van der Waals surface area contributed by atoms with Crippen molar-refractivity contribution >= 4 is 11.7 Å². The first kappa shape index (κ1) is 23.5. The summed E-state index contributed by atoms with van der Waals surface area (Å²) in [6.45, 7) is 4.10. The first-order valence-electron chi connectivity index (χ1n) is 10.9. The van der Waals surface area contributed by atoms with Crippen molar-refractivity contribution in [3.8, 4) is 11.4 Å². The highest BCUT2D eigenvalue weighted by atomic mass is 19.4. The van der Waals surface area contributed by atoms with Gasteiger partial charge in [0.15, 0.2) is 5.82 Å². The number of carbonyl (C=O) groups is 1. The van der Waals surface area contributed by atoms with Crippen LogP contribution in [0.25, 0.3) is 11.4 Å². The maximum absolute atomic E-state index is 14.8. The maximum atomic E-state index is 14.8. The number of hydrogen-bond donors (Lipinski definition) is 1. The smallest absolute Gasteiger partial charge is 0.379 e. The number of likely N-dealkylation sites (tertiary alicyclic amines) is 1. The zero-order chi connectivity index (χ0) is 24.1. The number of alkyl halides is 3. The summed E-state index contributed by atoms with van der Waals surface area (Å²) in [5, 5.41) is 6.43. The van der Waals surface area contributed by atoms with E-state index in [9.17, 15) is 22.4 Å². The molecule has 1 aliphatic carbocycles. The van der Waals surface area contributed by atoms with Gasteiger partial charge in [0.05, 0.1) is 22.9 Å². The Bertz CT molecular complexity index is 1050. The third-order valence-electron chi connectivity index (χ3n) is 6.78. The van der Waals surface area contributed by atoms with E-state index in [1.807, 2.05) is 6.92 Å². The molecule has 2 heterocycles. The molecule has 0 unspecified atom stereocenters. The molecule has 2 aromatic rings. The molecule has 0 spiro atoms. The third-order valence-corrected chi connectivity index (χ3v) is 6.78. The minimum Gasteiger partial charge on any atom is -0.379 e. The van der Waals surface area contributed by atoms with E-state index in [2.05, 4.69) is 22.3 Å². The fraction of sp³-hybridized carbons (Fsp3) is 0.591. The second-order valence-electron chi connectivity index (χ2n) is 9.06. The van der Waals surface area contributed by atoms with Gasteiger partial charge in [-0.25, -0.2) is 14.2 Å². The lowest BCUT2D eigenvalue weighted by molar-refractivity contribution is -0.162. The number of piperidine rings is 1. The van der Waals surface area contributed by atoms with Gasteiger partial charge in [0.2, 0.25) is 0 Å². The zero-order valence-electron chi connectivity index (χ0n) is 18.9. The summed E-state index contributed by atoms with van der Waals surface area (Å²) in [5.41, 5.74) is -2.48. The van der Waals surface area contributed by atoms with Gasteiger partial charge in [-0.2, -0.15) is 18.3 Å². The number of aromatic nitrogens is 3. The van der Waals surface area contributed by atoms with Crippen LogP contribution in [0.1, 0.15) is 45.1 Å². The molecule has 2 amide bonds. The number of fused-ring (bicyclic) bond motifs is 2. The molecule has 1 saturated carbocycles. The summed E-state index contributed by atoms with van der Waals surface area (Å²) in [4.78, 5) is 18.8. The molecule has 0 radical (unpaired) electrons. The number of aryl methyl sites for hydroxylation is 1. The van der Waals surface area contributed by atoms with E-state index in [-0.39, 0.29) is 23.7 Å². The number of hydrogen-bond acceptors (Lipinski definition) is 4. The Balaban J connectivity index is 1.68. The lowest BCUT2D eigenvalue weighted by atomic mass is 9.61. The van der Waals surface area contributed by atoms with Crippen LogP contribution < -0.4 is 5.32 Å². The van der Waals surface area contributed by atoms with Gasteiger partial charge in [-0.3, -0.25) is 4.68 Å². The highest BCUT2D eigenvalue weighted by Crippen LogP contribution is 2.53. The van der Waals surface area contributed by atoms with Crippen LogP contribution in [-0.2, 0) is 18.0 Å². The molecule has 7 nitrogen and oxygen atoms in total. The first-order chi connectivity index (χ1) is 15.5. The maximum Gasteiger partial charge on any atom is 0.417 e. The minimum absolute atomic E-state index is 0.0209. The van der Waals surface area contributed by atoms with Gasteiger partial charge in [-0.15, -0.1) is 0 Å². The number of methoxy groups -OCH3 is 1. The Kier molecular flexibility index (Phi) is 5.88. The number of benzene rings is 1. The van der Waals surface area contributed by atoms with E-state index in [4.69, 9.17) is 4.74 Å². The number of nitrogens with one attached hydrogen (secondary N) is 1. The van der Waals surface area contributed by atoms with E-state index >= 15 is 0 Å². The van der Waals surface area contributed by atoms with E-state index < -0.39 is 34.7 Å². The molecule has 180 valence electrons. The highest BCUT2D eigenvalue weighted by molar-refractivity contribution is 5.92. The van der Waals surface area contributed by atoms with Gasteiger partial charge in [0.1, 0.15) is 12.1 Å². The lowest BCUT2D eigenvalue weighted by Crippen LogP contribution is -2.76. The number of ether oxygens (including phenoxy) is 1. The van der Waals surface area contributed by atoms with Crippen LogP contribution in [0.2, 0.25) is 0 Å². The highest BCUT2D eigenvalue weighted by Gasteiger charge is 2.61. The number of halogens is 4. The Labute approximate surface area is 189 Å². The van der Waals surface area contributed by atoms with E-state index in [0.29, 0.717) is 18.4 Å². The van der Waals surface area contributed by atoms with E-state index in [1.54, 1.807) is 12.0 Å². The summed E-state index contributed by atoms with van der Waals surface area (Å²) < 4.78 is 62.4. The molecule has 1 aliphatic heterocycles. The van der Waals surface area contributed by atoms with Crippen LogP contribution in [-0.4, -0.2) is 50.5 Å². The summed E-state index contributed by atoms with van der Waals surface area (Å²) >= 11 is 0. The molecule has 11 heteroatoms. The molecule has 33 heavy (non-hydrogen) atoms. The van der Waals surface area contributed by atoms with E-state index in [1.165, 1.54) is 18.1 Å². The molecular formula is C22H27F4N5O2. The van der Waals surface area contributed by atoms with Gasteiger partial charge in [-0.1, -0.05) is 13.8 Å². The van der Waals surface area contributed by atoms with Crippen molar-refractivity contribution in [2.75, 3.05) is 12.4 Å². The van der Waals surface area contributed by atoms with Crippen LogP contribution in [0.4, 0.5) is 28.0 Å². The standard InChI is InChI=1S/C22H27F4N5O2/c1-5-18(33-4)21-9-12(2)6-13(10-21)31(21)20(32)28-17-7-14(19-27-11-30(3)29-19)15(8-16(17)23)22(24,25)26/h7-8,11-13,18H,5-6,9-10H2,1-4H3,(H,28,32)/t12-,13+,18+,21-/m1/s1. The van der Waals surface area contributed by atoms with Gasteiger partial charge in [0, 0.05) is 25.8 Å². The predicted molar refractivity (Wildman–Crippen MR) is 113 cm³/mol. The zero-order valence-corrected chi connectivity index (χ0v) is 18.9. The number of nitrogens with zero attached hydrogens (tertiary/aromatic N) is 4. The van der Waals surface area contributed by atoms with Crippen LogP contribution in [0.5, 0.6) is 0 Å². The number of amides is 2. The number of rotatable bonds is 5. The normalized spacial score (nSPS) is 25.5. The van der Waals surface area contributed by atoms with Crippen LogP contribution in [0.15, 0.2) is 18.5 Å². The molecule has 4 atom stereocenters. The van der Waals surface area contributed by atoms with Crippen molar-refractivity contribution < 1.29 is 27.1 Å². The largest absolute Gasteiger partial charge is 0.417 e. The Hall–Kier alpha value is -2.69. The number of anilines is 1. The summed E-state index contributed by atoms with van der Waals surface area (Å²) in [6, 6.07) is 0.754. The summed E-state index contributed by atoms with van der Waals surface area (Å²) in [6.07, 6.45) is -0.707. The van der Waals surface area contributed by atoms with Gasteiger partial charge >= 0.3 is 12.2 Å². The molecule has 2 bridgehead atoms.